The number of aromatic nitrogens is 3. The molecule has 4 nitrogen and oxygen atoms in total. The summed E-state index contributed by atoms with van der Waals surface area (Å²) in [4.78, 5) is 8.84. The lowest BCUT2D eigenvalue weighted by Gasteiger charge is -2.11. The molecule has 0 amide bonds. The van der Waals surface area contributed by atoms with Crippen LogP contribution in [-0.2, 0) is 0 Å². The normalized spacial score (nSPS) is 11.3. The Hall–Kier alpha value is -2.01. The number of benzene rings is 2. The van der Waals surface area contributed by atoms with Crippen molar-refractivity contribution in [3.8, 4) is 0 Å². The van der Waals surface area contributed by atoms with Gasteiger partial charge in [0.25, 0.3) is 0 Å². The Morgan fingerprint density at radius 2 is 1.70 bits per heavy atom. The fraction of sp³-hybridized carbons (Fsp3) is 0. The van der Waals surface area contributed by atoms with E-state index in [1.165, 1.54) is 0 Å². The van der Waals surface area contributed by atoms with E-state index in [2.05, 4.69) is 15.3 Å². The molecular formula is C16H9Cl3N4. The highest BCUT2D eigenvalue weighted by Crippen LogP contribution is 2.31. The number of hydrogen-bond acceptors (Lipinski definition) is 3. The maximum absolute atomic E-state index is 6.21. The minimum Gasteiger partial charge on any atom is -0.337 e. The predicted molar refractivity (Wildman–Crippen MR) is 95.2 cm³/mol. The molecule has 114 valence electrons. The molecule has 0 atom stereocenters. The average molecular weight is 364 g/mol. The molecule has 4 aromatic rings. The SMILES string of the molecule is Clc1cc2nc(Nc3ccccc3Cl)c3cncn3c2cc1Cl. The molecule has 0 bridgehead atoms. The molecule has 0 fully saturated rings. The summed E-state index contributed by atoms with van der Waals surface area (Å²) in [5, 5.41) is 4.79. The van der Waals surface area contributed by atoms with Crippen molar-refractivity contribution >= 4 is 62.9 Å². The van der Waals surface area contributed by atoms with E-state index in [1.54, 1.807) is 24.7 Å². The van der Waals surface area contributed by atoms with E-state index in [4.69, 9.17) is 34.8 Å². The number of halogens is 3. The molecule has 1 N–H and O–H groups in total. The third-order valence-electron chi connectivity index (χ3n) is 3.52. The summed E-state index contributed by atoms with van der Waals surface area (Å²) in [6.07, 6.45) is 3.44. The van der Waals surface area contributed by atoms with Crippen LogP contribution >= 0.6 is 34.8 Å². The highest BCUT2D eigenvalue weighted by molar-refractivity contribution is 6.42. The van der Waals surface area contributed by atoms with Crippen LogP contribution in [-0.4, -0.2) is 14.4 Å². The zero-order valence-electron chi connectivity index (χ0n) is 11.6. The molecule has 0 aliphatic heterocycles. The van der Waals surface area contributed by atoms with Gasteiger partial charge in [-0.05, 0) is 24.3 Å². The first-order valence-electron chi connectivity index (χ1n) is 6.76. The third kappa shape index (κ3) is 2.49. The Bertz CT molecular complexity index is 1040. The second-order valence-electron chi connectivity index (χ2n) is 4.97. The van der Waals surface area contributed by atoms with Gasteiger partial charge in [-0.2, -0.15) is 0 Å². The Kier molecular flexibility index (Phi) is 3.53. The summed E-state index contributed by atoms with van der Waals surface area (Å²) in [6.45, 7) is 0. The van der Waals surface area contributed by atoms with Crippen molar-refractivity contribution in [2.24, 2.45) is 0 Å². The summed E-state index contributed by atoms with van der Waals surface area (Å²) in [6, 6.07) is 11.0. The number of anilines is 2. The van der Waals surface area contributed by atoms with Crippen LogP contribution in [0.1, 0.15) is 0 Å². The molecular weight excluding hydrogens is 355 g/mol. The Balaban J connectivity index is 1.97. The second kappa shape index (κ2) is 5.57. The van der Waals surface area contributed by atoms with Gasteiger partial charge in [-0.25, -0.2) is 9.97 Å². The predicted octanol–water partition coefficient (Wildman–Crippen LogP) is 5.59. The van der Waals surface area contributed by atoms with Gasteiger partial charge in [0.05, 0.1) is 44.3 Å². The van der Waals surface area contributed by atoms with E-state index in [0.29, 0.717) is 26.4 Å². The van der Waals surface area contributed by atoms with Gasteiger partial charge in [0.2, 0.25) is 0 Å². The van der Waals surface area contributed by atoms with Gasteiger partial charge in [-0.15, -0.1) is 0 Å². The lowest BCUT2D eigenvalue weighted by atomic mass is 10.2. The van der Waals surface area contributed by atoms with Gasteiger partial charge in [-0.1, -0.05) is 46.9 Å². The number of fused-ring (bicyclic) bond motifs is 3. The molecule has 0 unspecified atom stereocenters. The van der Waals surface area contributed by atoms with Crippen LogP contribution in [0, 0.1) is 0 Å². The van der Waals surface area contributed by atoms with Crippen LogP contribution in [0.4, 0.5) is 11.5 Å². The van der Waals surface area contributed by atoms with Crippen molar-refractivity contribution in [1.82, 2.24) is 14.4 Å². The number of hydrogen-bond donors (Lipinski definition) is 1. The quantitative estimate of drug-likeness (QED) is 0.505. The van der Waals surface area contributed by atoms with Crippen molar-refractivity contribution in [2.45, 2.75) is 0 Å². The van der Waals surface area contributed by atoms with Gasteiger partial charge in [0, 0.05) is 0 Å². The largest absolute Gasteiger partial charge is 0.337 e. The summed E-state index contributed by atoms with van der Waals surface area (Å²) in [5.41, 5.74) is 3.12. The van der Waals surface area contributed by atoms with Crippen LogP contribution in [0.15, 0.2) is 48.9 Å². The van der Waals surface area contributed by atoms with E-state index in [-0.39, 0.29) is 0 Å². The molecule has 23 heavy (non-hydrogen) atoms. The van der Waals surface area contributed by atoms with Crippen LogP contribution in [0.3, 0.4) is 0 Å². The number of nitrogens with zero attached hydrogens (tertiary/aromatic N) is 3. The van der Waals surface area contributed by atoms with Crippen molar-refractivity contribution in [1.29, 1.82) is 0 Å². The molecule has 2 aromatic carbocycles. The minimum absolute atomic E-state index is 0.454. The Labute approximate surface area is 146 Å². The molecule has 2 heterocycles. The van der Waals surface area contributed by atoms with E-state index in [1.807, 2.05) is 28.7 Å². The lowest BCUT2D eigenvalue weighted by Crippen LogP contribution is -1.99. The van der Waals surface area contributed by atoms with E-state index < -0.39 is 0 Å². The smallest absolute Gasteiger partial charge is 0.157 e. The molecule has 2 aromatic heterocycles. The molecule has 0 aliphatic rings. The first kappa shape index (κ1) is 14.6. The van der Waals surface area contributed by atoms with Crippen molar-refractivity contribution in [3.05, 3.63) is 64.0 Å². The molecule has 0 saturated carbocycles. The summed E-state index contributed by atoms with van der Waals surface area (Å²) in [7, 11) is 0. The zero-order chi connectivity index (χ0) is 16.0. The molecule has 0 spiro atoms. The van der Waals surface area contributed by atoms with Crippen LogP contribution in [0.25, 0.3) is 16.6 Å². The van der Waals surface area contributed by atoms with Crippen molar-refractivity contribution < 1.29 is 0 Å². The molecule has 0 saturated heterocycles. The second-order valence-corrected chi connectivity index (χ2v) is 6.19. The summed E-state index contributed by atoms with van der Waals surface area (Å²) in [5.74, 6) is 0.640. The average Bonchev–Trinajstić information content (AvgIpc) is 3.02. The highest BCUT2D eigenvalue weighted by Gasteiger charge is 2.12. The monoisotopic (exact) mass is 362 g/mol. The van der Waals surface area contributed by atoms with Crippen LogP contribution in [0.2, 0.25) is 15.1 Å². The molecule has 0 radical (unpaired) electrons. The van der Waals surface area contributed by atoms with E-state index >= 15 is 0 Å². The lowest BCUT2D eigenvalue weighted by molar-refractivity contribution is 1.19. The first-order valence-corrected chi connectivity index (χ1v) is 7.89. The van der Waals surface area contributed by atoms with E-state index in [9.17, 15) is 0 Å². The van der Waals surface area contributed by atoms with Gasteiger partial charge in [0.15, 0.2) is 5.82 Å². The first-order chi connectivity index (χ1) is 11.1. The molecule has 0 aliphatic carbocycles. The van der Waals surface area contributed by atoms with Gasteiger partial charge in [-0.3, -0.25) is 4.40 Å². The number of nitrogens with one attached hydrogen (secondary N) is 1. The molecule has 4 rings (SSSR count). The topological polar surface area (TPSA) is 42.2 Å². The standard InChI is InChI=1S/C16H9Cl3N4/c17-9-3-1-2-4-12(9)21-16-15-7-20-8-23(15)14-6-11(19)10(18)5-13(14)22-16/h1-8H,(H,21,22). The van der Waals surface area contributed by atoms with E-state index in [0.717, 1.165) is 16.7 Å². The third-order valence-corrected chi connectivity index (χ3v) is 4.57. The number of rotatable bonds is 2. The highest BCUT2D eigenvalue weighted by atomic mass is 35.5. The van der Waals surface area contributed by atoms with Crippen molar-refractivity contribution in [2.75, 3.05) is 5.32 Å². The Morgan fingerprint density at radius 1 is 0.913 bits per heavy atom. The fourth-order valence-corrected chi connectivity index (χ4v) is 2.93. The van der Waals surface area contributed by atoms with Crippen molar-refractivity contribution in [3.63, 3.8) is 0 Å². The number of imidazole rings is 1. The van der Waals surface area contributed by atoms with Crippen LogP contribution < -0.4 is 5.32 Å². The Morgan fingerprint density at radius 3 is 2.52 bits per heavy atom. The van der Waals surface area contributed by atoms with Gasteiger partial charge >= 0.3 is 0 Å². The van der Waals surface area contributed by atoms with Gasteiger partial charge < -0.3 is 5.32 Å². The zero-order valence-corrected chi connectivity index (χ0v) is 13.9. The maximum atomic E-state index is 6.21. The summed E-state index contributed by atoms with van der Waals surface area (Å²) < 4.78 is 1.91. The van der Waals surface area contributed by atoms with Gasteiger partial charge in [0.1, 0.15) is 5.52 Å². The maximum Gasteiger partial charge on any atom is 0.157 e. The fourth-order valence-electron chi connectivity index (χ4n) is 2.43. The summed E-state index contributed by atoms with van der Waals surface area (Å²) >= 11 is 18.4. The van der Waals surface area contributed by atoms with Crippen LogP contribution in [0.5, 0.6) is 0 Å². The minimum atomic E-state index is 0.454. The molecule has 7 heteroatoms. The number of para-hydroxylation sites is 1.